The van der Waals surface area contributed by atoms with Crippen molar-refractivity contribution in [1.29, 1.82) is 0 Å². The Hall–Kier alpha value is -1.12. The van der Waals surface area contributed by atoms with Gasteiger partial charge in [-0.15, -0.1) is 0 Å². The summed E-state index contributed by atoms with van der Waals surface area (Å²) < 4.78 is 5.90. The molecule has 0 saturated carbocycles. The zero-order valence-corrected chi connectivity index (χ0v) is 13.0. The Labute approximate surface area is 123 Å². The van der Waals surface area contributed by atoms with Crippen molar-refractivity contribution in [2.24, 2.45) is 0 Å². The van der Waals surface area contributed by atoms with Crippen molar-refractivity contribution in [3.05, 3.63) is 47.5 Å². The van der Waals surface area contributed by atoms with Gasteiger partial charge < -0.3 is 10.1 Å². The molecular weight excluding hydrogens is 246 g/mol. The lowest BCUT2D eigenvalue weighted by Crippen LogP contribution is -2.36. The zero-order valence-electron chi connectivity index (χ0n) is 13.0. The Morgan fingerprint density at radius 1 is 1.25 bits per heavy atom. The molecule has 2 nitrogen and oxygen atoms in total. The Morgan fingerprint density at radius 3 is 2.85 bits per heavy atom. The van der Waals surface area contributed by atoms with Crippen molar-refractivity contribution in [1.82, 2.24) is 5.32 Å². The van der Waals surface area contributed by atoms with Crippen LogP contribution in [-0.2, 0) is 11.2 Å². The van der Waals surface area contributed by atoms with Gasteiger partial charge in [-0.1, -0.05) is 36.4 Å². The van der Waals surface area contributed by atoms with Crippen LogP contribution < -0.4 is 5.32 Å². The van der Waals surface area contributed by atoms with E-state index in [0.717, 1.165) is 32.4 Å². The molecule has 1 aliphatic rings. The van der Waals surface area contributed by atoms with Crippen molar-refractivity contribution in [2.75, 3.05) is 13.2 Å². The molecule has 0 bridgehead atoms. The highest BCUT2D eigenvalue weighted by molar-refractivity contribution is 5.31. The van der Waals surface area contributed by atoms with Crippen LogP contribution in [0.15, 0.2) is 36.4 Å². The summed E-state index contributed by atoms with van der Waals surface area (Å²) >= 11 is 0. The molecule has 0 radical (unpaired) electrons. The average molecular weight is 273 g/mol. The number of hydrogen-bond acceptors (Lipinski definition) is 2. The predicted molar refractivity (Wildman–Crippen MR) is 85.0 cm³/mol. The van der Waals surface area contributed by atoms with E-state index in [0.29, 0.717) is 0 Å². The van der Waals surface area contributed by atoms with Crippen LogP contribution in [0.2, 0.25) is 0 Å². The van der Waals surface area contributed by atoms with Gasteiger partial charge in [-0.2, -0.15) is 0 Å². The van der Waals surface area contributed by atoms with Gasteiger partial charge in [0, 0.05) is 5.54 Å². The van der Waals surface area contributed by atoms with Crippen molar-refractivity contribution in [3.63, 3.8) is 0 Å². The van der Waals surface area contributed by atoms with E-state index < -0.39 is 0 Å². The molecule has 1 aliphatic heterocycles. The minimum Gasteiger partial charge on any atom is -0.373 e. The van der Waals surface area contributed by atoms with Crippen LogP contribution in [0.3, 0.4) is 0 Å². The molecule has 0 aliphatic carbocycles. The fourth-order valence-corrected chi connectivity index (χ4v) is 2.54. The third-order valence-corrected chi connectivity index (χ3v) is 3.58. The summed E-state index contributed by atoms with van der Waals surface area (Å²) in [5.41, 5.74) is 3.03. The molecule has 1 N–H and O–H groups in total. The number of hydrogen-bond donors (Lipinski definition) is 1. The lowest BCUT2D eigenvalue weighted by Gasteiger charge is -2.25. The van der Waals surface area contributed by atoms with Crippen LogP contribution in [0.5, 0.6) is 0 Å². The summed E-state index contributed by atoms with van der Waals surface area (Å²) in [6, 6.07) is 8.66. The van der Waals surface area contributed by atoms with E-state index >= 15 is 0 Å². The highest BCUT2D eigenvalue weighted by Crippen LogP contribution is 2.29. The van der Waals surface area contributed by atoms with Gasteiger partial charge in [0.15, 0.2) is 0 Å². The molecule has 110 valence electrons. The molecule has 0 spiro atoms. The Bertz CT molecular complexity index is 445. The second-order valence-electron chi connectivity index (χ2n) is 6.48. The van der Waals surface area contributed by atoms with E-state index in [-0.39, 0.29) is 11.6 Å². The normalized spacial score (nSPS) is 19.2. The highest BCUT2D eigenvalue weighted by Gasteiger charge is 2.18. The number of fused-ring (bicyclic) bond motifs is 1. The second kappa shape index (κ2) is 7.05. The van der Waals surface area contributed by atoms with Gasteiger partial charge >= 0.3 is 0 Å². The van der Waals surface area contributed by atoms with Crippen LogP contribution in [0.4, 0.5) is 0 Å². The predicted octanol–water partition coefficient (Wildman–Crippen LogP) is 4.02. The first-order chi connectivity index (χ1) is 9.56. The molecule has 1 aromatic carbocycles. The summed E-state index contributed by atoms with van der Waals surface area (Å²) in [5, 5.41) is 3.49. The number of rotatable bonds is 5. The van der Waals surface area contributed by atoms with E-state index in [1.165, 1.54) is 11.1 Å². The average Bonchev–Trinajstić information content (AvgIpc) is 2.41. The number of ether oxygens (including phenoxy) is 1. The lowest BCUT2D eigenvalue weighted by atomic mass is 9.96. The molecule has 1 atom stereocenters. The number of nitrogens with one attached hydrogen (secondary N) is 1. The van der Waals surface area contributed by atoms with Gasteiger partial charge in [0.2, 0.25) is 0 Å². The maximum Gasteiger partial charge on any atom is 0.0862 e. The molecule has 2 heteroatoms. The van der Waals surface area contributed by atoms with Crippen molar-refractivity contribution in [3.8, 4) is 0 Å². The van der Waals surface area contributed by atoms with Gasteiger partial charge in [-0.05, 0) is 57.7 Å². The maximum atomic E-state index is 5.90. The van der Waals surface area contributed by atoms with Crippen molar-refractivity contribution >= 4 is 0 Å². The largest absolute Gasteiger partial charge is 0.373 e. The van der Waals surface area contributed by atoms with E-state index in [1.807, 2.05) is 0 Å². The molecule has 1 aromatic rings. The Balaban J connectivity index is 1.78. The first-order valence-corrected chi connectivity index (χ1v) is 7.66. The first kappa shape index (κ1) is 15.3. The van der Waals surface area contributed by atoms with Gasteiger partial charge in [0.05, 0.1) is 12.7 Å². The minimum atomic E-state index is 0.208. The second-order valence-corrected chi connectivity index (χ2v) is 6.48. The van der Waals surface area contributed by atoms with Crippen LogP contribution in [0.25, 0.3) is 0 Å². The fourth-order valence-electron chi connectivity index (χ4n) is 2.54. The first-order valence-electron chi connectivity index (χ1n) is 7.66. The summed E-state index contributed by atoms with van der Waals surface area (Å²) in [6.45, 7) is 8.47. The zero-order chi connectivity index (χ0) is 14.4. The monoisotopic (exact) mass is 273 g/mol. The molecule has 0 amide bonds. The lowest BCUT2D eigenvalue weighted by molar-refractivity contribution is 0.0445. The van der Waals surface area contributed by atoms with Gasteiger partial charge in [0.25, 0.3) is 0 Å². The van der Waals surface area contributed by atoms with E-state index in [9.17, 15) is 0 Å². The summed E-state index contributed by atoms with van der Waals surface area (Å²) in [4.78, 5) is 0. The summed E-state index contributed by atoms with van der Waals surface area (Å²) in [7, 11) is 0. The van der Waals surface area contributed by atoms with E-state index in [1.54, 1.807) is 0 Å². The minimum absolute atomic E-state index is 0.208. The maximum absolute atomic E-state index is 5.90. The van der Waals surface area contributed by atoms with Crippen LogP contribution in [0, 0.1) is 0 Å². The Kier molecular flexibility index (Phi) is 5.38. The highest BCUT2D eigenvalue weighted by atomic mass is 16.5. The Morgan fingerprint density at radius 2 is 2.05 bits per heavy atom. The molecule has 1 heterocycles. The summed E-state index contributed by atoms with van der Waals surface area (Å²) in [6.07, 6.45) is 7.87. The van der Waals surface area contributed by atoms with Crippen LogP contribution in [-0.4, -0.2) is 18.7 Å². The molecule has 0 aromatic heterocycles. The van der Waals surface area contributed by atoms with Crippen LogP contribution in [0.1, 0.15) is 50.8 Å². The SMILES string of the molecule is CC(C)(C)NCCC=CCC1OCCc2ccccc21. The smallest absolute Gasteiger partial charge is 0.0862 e. The molecule has 20 heavy (non-hydrogen) atoms. The summed E-state index contributed by atoms with van der Waals surface area (Å²) in [5.74, 6) is 0. The van der Waals surface area contributed by atoms with Crippen molar-refractivity contribution < 1.29 is 4.74 Å². The molecule has 0 fully saturated rings. The molecule has 2 rings (SSSR count). The molecule has 1 unspecified atom stereocenters. The molecular formula is C18H27NO. The van der Waals surface area contributed by atoms with Gasteiger partial charge in [-0.3, -0.25) is 0 Å². The topological polar surface area (TPSA) is 21.3 Å². The molecule has 0 saturated heterocycles. The fraction of sp³-hybridized carbons (Fsp3) is 0.556. The standard InChI is InChI=1S/C18H27NO/c1-18(2,3)19-13-8-4-5-11-17-16-10-7-6-9-15(16)12-14-20-17/h4-7,9-10,17,19H,8,11-14H2,1-3H3. The van der Waals surface area contributed by atoms with Crippen LogP contribution >= 0.6 is 0 Å². The third-order valence-electron chi connectivity index (χ3n) is 3.58. The quantitative estimate of drug-likeness (QED) is 0.646. The van der Waals surface area contributed by atoms with Crippen molar-refractivity contribution in [2.45, 2.75) is 51.7 Å². The third kappa shape index (κ3) is 4.77. The number of benzene rings is 1. The van der Waals surface area contributed by atoms with Gasteiger partial charge in [0.1, 0.15) is 0 Å². The van der Waals surface area contributed by atoms with E-state index in [4.69, 9.17) is 4.74 Å². The van der Waals surface area contributed by atoms with Gasteiger partial charge in [-0.25, -0.2) is 0 Å². The van der Waals surface area contributed by atoms with E-state index in [2.05, 4.69) is 62.5 Å².